The third-order valence-corrected chi connectivity index (χ3v) is 7.21. The van der Waals surface area contributed by atoms with Crippen molar-refractivity contribution in [1.82, 2.24) is 24.6 Å². The van der Waals surface area contributed by atoms with E-state index >= 15 is 0 Å². The topological polar surface area (TPSA) is 91.8 Å². The average Bonchev–Trinajstić information content (AvgIpc) is 3.41. The number of nitrogen functional groups attached to an aromatic ring is 1. The number of fused-ring (bicyclic) bond motifs is 3. The van der Waals surface area contributed by atoms with Gasteiger partial charge in [0.25, 0.3) is 5.91 Å². The minimum atomic E-state index is -0.588. The Balaban J connectivity index is 1.12. The number of hydrogen-bond acceptors (Lipinski definition) is 6. The molecule has 1 amide bonds. The lowest BCUT2D eigenvalue weighted by Gasteiger charge is -2.36. The molecule has 6 rings (SSSR count). The molecule has 11 heteroatoms. The van der Waals surface area contributed by atoms with Crippen LogP contribution < -0.4 is 16.0 Å². The fourth-order valence-electron chi connectivity index (χ4n) is 5.11. The van der Waals surface area contributed by atoms with Crippen LogP contribution >= 0.6 is 0 Å². The number of nitrogens with one attached hydrogen (secondary N) is 1. The van der Waals surface area contributed by atoms with E-state index in [9.17, 15) is 18.0 Å². The van der Waals surface area contributed by atoms with Crippen molar-refractivity contribution in [2.45, 2.75) is 13.1 Å². The number of nitrogens with zero attached hydrogens (tertiary/aromatic N) is 5. The predicted molar refractivity (Wildman–Crippen MR) is 146 cm³/mol. The number of amides is 1. The van der Waals surface area contributed by atoms with Gasteiger partial charge in [-0.2, -0.15) is 0 Å². The van der Waals surface area contributed by atoms with Crippen LogP contribution in [-0.2, 0) is 13.1 Å². The number of imidazole rings is 1. The van der Waals surface area contributed by atoms with E-state index < -0.39 is 23.4 Å². The summed E-state index contributed by atoms with van der Waals surface area (Å²) in [5.74, 6) is -2.01. The molecule has 8 nitrogen and oxygen atoms in total. The molecular weight excluding hydrogens is 519 g/mol. The average molecular weight is 546 g/mol. The standard InChI is InChI=1S/C29H26F3N7O/c30-20-8-9-25(23(32)14-20)38-12-10-37(11-13-38)16-19-5-2-1-4-18(19)15-34-28(40)24-17-39-27(35-24)21-6-3-7-22(31)26(21)36-29(39)33/h1-9,14,17H,10-13,15-16H2,(H2,33,36)(H,34,40). The Bertz CT molecular complexity index is 1730. The largest absolute Gasteiger partial charge is 0.369 e. The molecule has 0 radical (unpaired) electrons. The third-order valence-electron chi connectivity index (χ3n) is 7.21. The molecular formula is C29H26F3N7O. The number of halogens is 3. The summed E-state index contributed by atoms with van der Waals surface area (Å²) in [6.45, 7) is 3.61. The first-order chi connectivity index (χ1) is 19.4. The van der Waals surface area contributed by atoms with E-state index in [-0.39, 0.29) is 23.7 Å². The molecule has 5 aromatic rings. The molecule has 0 aliphatic carbocycles. The summed E-state index contributed by atoms with van der Waals surface area (Å²) in [6, 6.07) is 16.0. The van der Waals surface area contributed by atoms with Gasteiger partial charge in [-0.05, 0) is 35.4 Å². The summed E-state index contributed by atoms with van der Waals surface area (Å²) < 4.78 is 43.2. The molecule has 0 unspecified atom stereocenters. The van der Waals surface area contributed by atoms with Crippen LogP contribution in [-0.4, -0.2) is 51.4 Å². The molecule has 3 N–H and O–H groups in total. The highest BCUT2D eigenvalue weighted by Gasteiger charge is 2.21. The zero-order valence-electron chi connectivity index (χ0n) is 21.4. The van der Waals surface area contributed by atoms with Gasteiger partial charge in [-0.15, -0.1) is 0 Å². The molecule has 0 bridgehead atoms. The van der Waals surface area contributed by atoms with Crippen molar-refractivity contribution < 1.29 is 18.0 Å². The maximum atomic E-state index is 14.2. The van der Waals surface area contributed by atoms with Crippen LogP contribution in [0.15, 0.2) is 66.9 Å². The van der Waals surface area contributed by atoms with E-state index in [1.165, 1.54) is 28.8 Å². The molecule has 3 aromatic carbocycles. The summed E-state index contributed by atoms with van der Waals surface area (Å²) in [5.41, 5.74) is 9.04. The van der Waals surface area contributed by atoms with Crippen LogP contribution in [0.4, 0.5) is 24.8 Å². The van der Waals surface area contributed by atoms with Crippen LogP contribution in [0.5, 0.6) is 0 Å². The molecule has 1 aliphatic rings. The van der Waals surface area contributed by atoms with Gasteiger partial charge in [0.15, 0.2) is 0 Å². The van der Waals surface area contributed by atoms with Crippen LogP contribution in [0.1, 0.15) is 21.6 Å². The monoisotopic (exact) mass is 545 g/mol. The number of rotatable bonds is 6. The van der Waals surface area contributed by atoms with Crippen molar-refractivity contribution in [3.63, 3.8) is 0 Å². The summed E-state index contributed by atoms with van der Waals surface area (Å²) in [7, 11) is 0. The number of piperazine rings is 1. The second-order valence-corrected chi connectivity index (χ2v) is 9.74. The second-order valence-electron chi connectivity index (χ2n) is 9.74. The number of aromatic nitrogens is 3. The predicted octanol–water partition coefficient (Wildman–Crippen LogP) is 4.13. The molecule has 1 aliphatic heterocycles. The SMILES string of the molecule is Nc1nc2c(F)cccc2c2nc(C(=O)NCc3ccccc3CN3CCN(c4ccc(F)cc4F)CC3)cn12. The molecule has 0 saturated carbocycles. The minimum absolute atomic E-state index is 0.0340. The van der Waals surface area contributed by atoms with Gasteiger partial charge in [0.05, 0.1) is 5.69 Å². The number of nitrogens with two attached hydrogens (primary N) is 1. The number of para-hydroxylation sites is 1. The van der Waals surface area contributed by atoms with E-state index in [1.54, 1.807) is 12.1 Å². The molecule has 0 spiro atoms. The number of carbonyl (C=O) groups is 1. The highest BCUT2D eigenvalue weighted by atomic mass is 19.1. The first-order valence-electron chi connectivity index (χ1n) is 12.9. The van der Waals surface area contributed by atoms with Crippen molar-refractivity contribution in [3.05, 3.63) is 101 Å². The van der Waals surface area contributed by atoms with Crippen molar-refractivity contribution >= 4 is 34.1 Å². The Kier molecular flexibility index (Phi) is 6.72. The Labute approximate surface area is 227 Å². The maximum absolute atomic E-state index is 14.2. The number of anilines is 2. The van der Waals surface area contributed by atoms with Gasteiger partial charge < -0.3 is 16.0 Å². The van der Waals surface area contributed by atoms with Crippen LogP contribution in [0.25, 0.3) is 16.6 Å². The van der Waals surface area contributed by atoms with Gasteiger partial charge in [-0.25, -0.2) is 23.1 Å². The Morgan fingerprint density at radius 2 is 1.68 bits per heavy atom. The number of hydrogen-bond donors (Lipinski definition) is 2. The first kappa shape index (κ1) is 25.6. The fraction of sp³-hybridized carbons (Fsp3) is 0.207. The zero-order chi connectivity index (χ0) is 27.8. The van der Waals surface area contributed by atoms with E-state index in [2.05, 4.69) is 20.2 Å². The molecule has 204 valence electrons. The highest BCUT2D eigenvalue weighted by Crippen LogP contribution is 2.24. The quantitative estimate of drug-likeness (QED) is 0.334. The smallest absolute Gasteiger partial charge is 0.271 e. The van der Waals surface area contributed by atoms with E-state index in [0.717, 1.165) is 17.2 Å². The number of benzene rings is 3. The lowest BCUT2D eigenvalue weighted by molar-refractivity contribution is 0.0946. The molecule has 2 aromatic heterocycles. The van der Waals surface area contributed by atoms with Crippen molar-refractivity contribution in [2.24, 2.45) is 0 Å². The molecule has 1 fully saturated rings. The van der Waals surface area contributed by atoms with E-state index in [1.807, 2.05) is 29.2 Å². The normalized spacial score (nSPS) is 14.2. The van der Waals surface area contributed by atoms with Gasteiger partial charge in [-0.3, -0.25) is 14.1 Å². The van der Waals surface area contributed by atoms with E-state index in [0.29, 0.717) is 49.4 Å². The van der Waals surface area contributed by atoms with Crippen molar-refractivity contribution in [2.75, 3.05) is 36.8 Å². The van der Waals surface area contributed by atoms with Gasteiger partial charge in [0, 0.05) is 56.9 Å². The van der Waals surface area contributed by atoms with Gasteiger partial charge >= 0.3 is 0 Å². The number of carbonyl (C=O) groups excluding carboxylic acids is 1. The first-order valence-corrected chi connectivity index (χ1v) is 12.9. The molecule has 1 saturated heterocycles. The summed E-state index contributed by atoms with van der Waals surface area (Å²) in [5, 5.41) is 3.38. The van der Waals surface area contributed by atoms with Crippen molar-refractivity contribution in [3.8, 4) is 0 Å². The van der Waals surface area contributed by atoms with Gasteiger partial charge in [-0.1, -0.05) is 30.3 Å². The molecule has 3 heterocycles. The summed E-state index contributed by atoms with van der Waals surface area (Å²) in [6.07, 6.45) is 1.49. The lowest BCUT2D eigenvalue weighted by Crippen LogP contribution is -2.46. The van der Waals surface area contributed by atoms with Crippen molar-refractivity contribution in [1.29, 1.82) is 0 Å². The van der Waals surface area contributed by atoms with Gasteiger partial charge in [0.1, 0.15) is 34.3 Å². The minimum Gasteiger partial charge on any atom is -0.369 e. The van der Waals surface area contributed by atoms with E-state index in [4.69, 9.17) is 5.73 Å². The Morgan fingerprint density at radius 1 is 0.900 bits per heavy atom. The zero-order valence-corrected chi connectivity index (χ0v) is 21.4. The second kappa shape index (κ2) is 10.5. The van der Waals surface area contributed by atoms with Crippen LogP contribution in [0, 0.1) is 17.5 Å². The van der Waals surface area contributed by atoms with Gasteiger partial charge in [0.2, 0.25) is 5.95 Å². The fourth-order valence-corrected chi connectivity index (χ4v) is 5.11. The highest BCUT2D eigenvalue weighted by molar-refractivity contribution is 5.97. The maximum Gasteiger partial charge on any atom is 0.271 e. The summed E-state index contributed by atoms with van der Waals surface area (Å²) in [4.78, 5) is 25.8. The summed E-state index contributed by atoms with van der Waals surface area (Å²) >= 11 is 0. The lowest BCUT2D eigenvalue weighted by atomic mass is 10.1. The molecule has 40 heavy (non-hydrogen) atoms. The van der Waals surface area contributed by atoms with Crippen LogP contribution in [0.3, 0.4) is 0 Å². The Morgan fingerprint density at radius 3 is 2.45 bits per heavy atom. The third kappa shape index (κ3) is 4.91. The Hall–Kier alpha value is -4.64. The molecule has 0 atom stereocenters. The van der Waals surface area contributed by atoms with Crippen LogP contribution in [0.2, 0.25) is 0 Å².